The zero-order chi connectivity index (χ0) is 16.4. The molecule has 7 nitrogen and oxygen atoms in total. The molecule has 7 heteroatoms. The Hall–Kier alpha value is -3.22. The van der Waals surface area contributed by atoms with Gasteiger partial charge in [0, 0.05) is 29.8 Å². The minimum atomic E-state index is -0.411. The van der Waals surface area contributed by atoms with Crippen LogP contribution in [0.15, 0.2) is 55.0 Å². The maximum Gasteiger partial charge on any atom is 0.343 e. The van der Waals surface area contributed by atoms with E-state index < -0.39 is 10.9 Å². The van der Waals surface area contributed by atoms with Gasteiger partial charge in [-0.2, -0.15) is 4.57 Å². The molecule has 3 aromatic rings. The monoisotopic (exact) mass is 312 g/mol. The van der Waals surface area contributed by atoms with E-state index in [1.165, 1.54) is 13.2 Å². The number of hydrogen-bond acceptors (Lipinski definition) is 4. The fourth-order valence-electron chi connectivity index (χ4n) is 2.45. The molecule has 0 unspecified atom stereocenters. The normalized spacial score (nSPS) is 10.7. The zero-order valence-corrected chi connectivity index (χ0v) is 12.4. The molecule has 0 aliphatic heterocycles. The van der Waals surface area contributed by atoms with Crippen molar-refractivity contribution in [2.75, 3.05) is 7.11 Å². The van der Waals surface area contributed by atoms with Crippen molar-refractivity contribution in [1.29, 1.82) is 0 Å². The Kier molecular flexibility index (Phi) is 3.76. The van der Waals surface area contributed by atoms with Gasteiger partial charge in [-0.3, -0.25) is 14.7 Å². The lowest BCUT2D eigenvalue weighted by Crippen LogP contribution is -2.37. The summed E-state index contributed by atoms with van der Waals surface area (Å²) in [6, 6.07) is 10.0. The summed E-state index contributed by atoms with van der Waals surface area (Å²) in [6.45, 7) is 0.478. The van der Waals surface area contributed by atoms with Crippen LogP contribution in [-0.4, -0.2) is 22.6 Å². The Morgan fingerprint density at radius 3 is 2.91 bits per heavy atom. The predicted octanol–water partition coefficient (Wildman–Crippen LogP) is 2.13. The zero-order valence-electron chi connectivity index (χ0n) is 12.4. The molecule has 3 rings (SSSR count). The van der Waals surface area contributed by atoms with Crippen molar-refractivity contribution in [3.63, 3.8) is 0 Å². The molecule has 2 heterocycles. The average molecular weight is 312 g/mol. The Morgan fingerprint density at radius 1 is 1.35 bits per heavy atom. The average Bonchev–Trinajstić information content (AvgIpc) is 2.96. The van der Waals surface area contributed by atoms with Gasteiger partial charge in [0.15, 0.2) is 12.4 Å². The molecule has 1 aromatic carbocycles. The van der Waals surface area contributed by atoms with Gasteiger partial charge in [-0.15, -0.1) is 0 Å². The maximum atomic E-state index is 11.6. The third-order valence-electron chi connectivity index (χ3n) is 3.56. The van der Waals surface area contributed by atoms with Crippen LogP contribution in [0, 0.1) is 10.1 Å². The van der Waals surface area contributed by atoms with Crippen molar-refractivity contribution in [1.82, 2.24) is 4.57 Å². The van der Waals surface area contributed by atoms with E-state index >= 15 is 0 Å². The summed E-state index contributed by atoms with van der Waals surface area (Å²) in [5.74, 6) is -0.396. The van der Waals surface area contributed by atoms with Crippen molar-refractivity contribution >= 4 is 22.6 Å². The summed E-state index contributed by atoms with van der Waals surface area (Å²) in [5, 5.41) is 11.6. The summed E-state index contributed by atoms with van der Waals surface area (Å²) in [6.07, 6.45) is 5.39. The van der Waals surface area contributed by atoms with Crippen LogP contribution in [0.4, 0.5) is 5.69 Å². The second-order valence-electron chi connectivity index (χ2n) is 5.03. The lowest BCUT2D eigenvalue weighted by atomic mass is 10.2. The molecule has 0 fully saturated rings. The first-order valence-corrected chi connectivity index (χ1v) is 6.89. The Bertz CT molecular complexity index is 901. The van der Waals surface area contributed by atoms with Gasteiger partial charge in [-0.05, 0) is 18.2 Å². The molecule has 0 saturated heterocycles. The largest absolute Gasteiger partial charge is 0.465 e. The fourth-order valence-corrected chi connectivity index (χ4v) is 2.45. The number of non-ortho nitro benzene ring substituents is 1. The molecule has 0 radical (unpaired) electrons. The minimum absolute atomic E-state index is 0.0654. The third kappa shape index (κ3) is 2.89. The second-order valence-corrected chi connectivity index (χ2v) is 5.03. The number of nitro benzene ring substituents is 1. The van der Waals surface area contributed by atoms with E-state index in [1.807, 2.05) is 27.6 Å². The van der Waals surface area contributed by atoms with Gasteiger partial charge < -0.3 is 4.74 Å². The summed E-state index contributed by atoms with van der Waals surface area (Å²) in [7, 11) is 1.34. The number of pyridine rings is 1. The molecule has 0 spiro atoms. The van der Waals surface area contributed by atoms with E-state index in [2.05, 4.69) is 0 Å². The standard InChI is InChI=1S/C16H14N3O4/c1-23-16(20)13-3-2-7-17(10-13)11-18-8-6-12-9-14(19(21)22)4-5-15(12)18/h2-10H,11H2,1H3/q+1. The van der Waals surface area contributed by atoms with Gasteiger partial charge in [-0.1, -0.05) is 0 Å². The van der Waals surface area contributed by atoms with Crippen LogP contribution in [0.3, 0.4) is 0 Å². The second kappa shape index (κ2) is 5.88. The van der Waals surface area contributed by atoms with Crippen LogP contribution in [0.5, 0.6) is 0 Å². The van der Waals surface area contributed by atoms with Crippen LogP contribution in [-0.2, 0) is 11.4 Å². The first kappa shape index (κ1) is 14.7. The number of methoxy groups -OCH3 is 1. The molecule has 116 valence electrons. The third-order valence-corrected chi connectivity index (χ3v) is 3.56. The lowest BCUT2D eigenvalue weighted by molar-refractivity contribution is -0.701. The van der Waals surface area contributed by atoms with Gasteiger partial charge >= 0.3 is 5.97 Å². The highest BCUT2D eigenvalue weighted by Crippen LogP contribution is 2.21. The van der Waals surface area contributed by atoms with E-state index in [0.29, 0.717) is 12.2 Å². The van der Waals surface area contributed by atoms with E-state index in [0.717, 1.165) is 10.9 Å². The van der Waals surface area contributed by atoms with Crippen LogP contribution in [0.1, 0.15) is 10.4 Å². The number of esters is 1. The molecule has 0 saturated carbocycles. The number of nitrogens with zero attached hydrogens (tertiary/aromatic N) is 3. The van der Waals surface area contributed by atoms with Crippen LogP contribution >= 0.6 is 0 Å². The number of carbonyl (C=O) groups excluding carboxylic acids is 1. The molecular weight excluding hydrogens is 298 g/mol. The highest BCUT2D eigenvalue weighted by molar-refractivity contribution is 5.88. The predicted molar refractivity (Wildman–Crippen MR) is 82.0 cm³/mol. The summed E-state index contributed by atoms with van der Waals surface area (Å²) in [4.78, 5) is 22.0. The first-order valence-electron chi connectivity index (χ1n) is 6.89. The smallest absolute Gasteiger partial charge is 0.343 e. The van der Waals surface area contributed by atoms with E-state index in [4.69, 9.17) is 4.74 Å². The van der Waals surface area contributed by atoms with Crippen molar-refractivity contribution in [2.24, 2.45) is 0 Å². The van der Waals surface area contributed by atoms with Crippen molar-refractivity contribution in [3.8, 4) is 0 Å². The summed E-state index contributed by atoms with van der Waals surface area (Å²) < 4.78 is 8.49. The molecule has 0 atom stereocenters. The molecular formula is C16H14N3O4+. The van der Waals surface area contributed by atoms with Crippen molar-refractivity contribution in [3.05, 3.63) is 70.7 Å². The van der Waals surface area contributed by atoms with Gasteiger partial charge in [0.05, 0.1) is 17.5 Å². The topological polar surface area (TPSA) is 78.2 Å². The minimum Gasteiger partial charge on any atom is -0.465 e. The van der Waals surface area contributed by atoms with Crippen LogP contribution in [0.2, 0.25) is 0 Å². The van der Waals surface area contributed by atoms with Crippen LogP contribution < -0.4 is 4.57 Å². The number of aromatic nitrogens is 2. The quantitative estimate of drug-likeness (QED) is 0.320. The SMILES string of the molecule is COC(=O)c1ccc[n+](Cn2ccc3cc([N+](=O)[O-])ccc32)c1. The number of nitro groups is 1. The Morgan fingerprint density at radius 2 is 2.17 bits per heavy atom. The molecule has 0 bridgehead atoms. The molecule has 0 N–H and O–H groups in total. The fraction of sp³-hybridized carbons (Fsp3) is 0.125. The van der Waals surface area contributed by atoms with Crippen LogP contribution in [0.25, 0.3) is 10.9 Å². The lowest BCUT2D eigenvalue weighted by Gasteiger charge is -2.03. The number of hydrogen-bond donors (Lipinski definition) is 0. The number of rotatable bonds is 4. The summed E-state index contributed by atoms with van der Waals surface area (Å²) >= 11 is 0. The first-order chi connectivity index (χ1) is 11.1. The molecule has 0 amide bonds. The Balaban J connectivity index is 1.93. The molecule has 2 aromatic heterocycles. The van der Waals surface area contributed by atoms with E-state index in [1.54, 1.807) is 30.5 Å². The van der Waals surface area contributed by atoms with Gasteiger partial charge in [0.1, 0.15) is 5.56 Å². The Labute approximate surface area is 131 Å². The number of carbonyl (C=O) groups is 1. The highest BCUT2D eigenvalue weighted by Gasteiger charge is 2.13. The number of fused-ring (bicyclic) bond motifs is 1. The number of benzene rings is 1. The van der Waals surface area contributed by atoms with E-state index in [-0.39, 0.29) is 5.69 Å². The van der Waals surface area contributed by atoms with Gasteiger partial charge in [0.2, 0.25) is 6.67 Å². The van der Waals surface area contributed by atoms with Gasteiger partial charge in [0.25, 0.3) is 5.69 Å². The summed E-state index contributed by atoms with van der Waals surface area (Å²) in [5.41, 5.74) is 1.41. The maximum absolute atomic E-state index is 11.6. The number of ether oxygens (including phenoxy) is 1. The van der Waals surface area contributed by atoms with Gasteiger partial charge in [-0.25, -0.2) is 4.79 Å². The van der Waals surface area contributed by atoms with E-state index in [9.17, 15) is 14.9 Å². The molecule has 23 heavy (non-hydrogen) atoms. The van der Waals surface area contributed by atoms with Crippen molar-refractivity contribution < 1.29 is 19.0 Å². The highest BCUT2D eigenvalue weighted by atomic mass is 16.6. The van der Waals surface area contributed by atoms with Crippen molar-refractivity contribution in [2.45, 2.75) is 6.67 Å². The molecule has 0 aliphatic carbocycles. The molecule has 0 aliphatic rings.